The fraction of sp³-hybridized carbons (Fsp3) is 0.211. The van der Waals surface area contributed by atoms with Gasteiger partial charge in [0.15, 0.2) is 0 Å². The predicted molar refractivity (Wildman–Crippen MR) is 171 cm³/mol. The van der Waals surface area contributed by atoms with E-state index in [0.717, 1.165) is 26.9 Å². The van der Waals surface area contributed by atoms with Crippen molar-refractivity contribution < 1.29 is 39.6 Å². The van der Waals surface area contributed by atoms with E-state index in [1.54, 1.807) is 24.3 Å². The van der Waals surface area contributed by atoms with Crippen LogP contribution in [-0.4, -0.2) is 9.97 Å². The van der Waals surface area contributed by atoms with Gasteiger partial charge in [0.05, 0.1) is 0 Å². The minimum Gasteiger partial charge on any atom is -0.461 e. The summed E-state index contributed by atoms with van der Waals surface area (Å²) in [6.45, 7) is -1.12. The quantitative estimate of drug-likeness (QED) is 0.131. The SMILES string of the molecule is [2H]C([2H])([2H])c1c[c-]c(-c2ccc(C([2H])([2H])[2H])cn2)cc1.[2H]C([2H])([2H])c1cnc2c3[c-]cccc3c3ccc4oc(C([2H])([2H])C(C)(C)C)cc4c3c2c1.[Ir]. The van der Waals surface area contributed by atoms with E-state index in [4.69, 9.17) is 19.5 Å². The van der Waals surface area contributed by atoms with Gasteiger partial charge in [0, 0.05) is 59.3 Å². The van der Waals surface area contributed by atoms with Crippen LogP contribution in [0.2, 0.25) is 0 Å². The number of rotatable bonds is 2. The zero-order valence-corrected chi connectivity index (χ0v) is 25.6. The minimum atomic E-state index is -2.29. The molecule has 0 atom stereocenters. The second-order valence-corrected chi connectivity index (χ2v) is 10.9. The van der Waals surface area contributed by atoms with Crippen LogP contribution in [0.15, 0.2) is 89.6 Å². The summed E-state index contributed by atoms with van der Waals surface area (Å²) in [6.07, 6.45) is 1.01. The molecule has 0 unspecified atom stereocenters. The standard InChI is InChI=1S/C25H22NO.C13H12N.Ir/c1-15-11-21-23-18(17-7-5-6-8-19(17)24(21)26-14-15)9-10-22-20(23)12-16(27-22)13-25(2,3)4;1-10-3-6-12(7-4-10)13-8-5-11(2)9-14-13;/h5-7,9-12,14H,13H2,1-4H3;3-6,8-9H,1-2H3;/q2*-1;/i1D3,13D2;1D3,2D3;. The molecule has 0 N–H and O–H groups in total. The van der Waals surface area contributed by atoms with Gasteiger partial charge in [-0.2, -0.15) is 0 Å². The van der Waals surface area contributed by atoms with Crippen molar-refractivity contribution in [3.05, 3.63) is 120 Å². The van der Waals surface area contributed by atoms with E-state index in [9.17, 15) is 0 Å². The number of benzene rings is 4. The maximum Gasteiger partial charge on any atom is 0.134 e. The van der Waals surface area contributed by atoms with E-state index in [0.29, 0.717) is 27.7 Å². The van der Waals surface area contributed by atoms with Gasteiger partial charge in [0.25, 0.3) is 0 Å². The van der Waals surface area contributed by atoms with Gasteiger partial charge in [-0.15, -0.1) is 65.0 Å². The summed E-state index contributed by atoms with van der Waals surface area (Å²) >= 11 is 0. The van der Waals surface area contributed by atoms with Crippen molar-refractivity contribution in [2.75, 3.05) is 0 Å². The Morgan fingerprint density at radius 1 is 0.810 bits per heavy atom. The van der Waals surface area contributed by atoms with E-state index in [1.807, 2.05) is 51.1 Å². The zero-order chi connectivity index (χ0) is 38.0. The fourth-order valence-electron chi connectivity index (χ4n) is 4.91. The molecule has 3 aromatic heterocycles. The minimum absolute atomic E-state index is 0. The second kappa shape index (κ2) is 11.8. The molecule has 3 heterocycles. The van der Waals surface area contributed by atoms with Crippen LogP contribution in [0.25, 0.3) is 54.7 Å². The molecule has 0 amide bonds. The Kier molecular flexibility index (Phi) is 5.23. The molecule has 4 aromatic carbocycles. The third kappa shape index (κ3) is 6.02. The third-order valence-electron chi connectivity index (χ3n) is 6.59. The summed E-state index contributed by atoms with van der Waals surface area (Å²) in [5.74, 6) is 0.250. The van der Waals surface area contributed by atoms with Crippen molar-refractivity contribution >= 4 is 43.4 Å². The van der Waals surface area contributed by atoms with E-state index in [2.05, 4.69) is 22.1 Å². The molecule has 3 nitrogen and oxygen atoms in total. The molecule has 0 spiro atoms. The summed E-state index contributed by atoms with van der Waals surface area (Å²) in [5, 5.41) is 4.93. The van der Waals surface area contributed by atoms with E-state index < -0.39 is 32.3 Å². The summed E-state index contributed by atoms with van der Waals surface area (Å²) in [4.78, 5) is 8.61. The van der Waals surface area contributed by atoms with E-state index in [-0.39, 0.29) is 42.6 Å². The molecule has 0 saturated heterocycles. The van der Waals surface area contributed by atoms with Crippen LogP contribution in [0.3, 0.4) is 0 Å². The van der Waals surface area contributed by atoms with Crippen LogP contribution < -0.4 is 0 Å². The molecule has 0 aliphatic heterocycles. The van der Waals surface area contributed by atoms with Crippen molar-refractivity contribution in [3.8, 4) is 11.3 Å². The van der Waals surface area contributed by atoms with Gasteiger partial charge in [-0.3, -0.25) is 0 Å². The average Bonchev–Trinajstić information content (AvgIpc) is 3.52. The normalized spacial score (nSPS) is 16.6. The molecule has 7 aromatic rings. The molecule has 42 heavy (non-hydrogen) atoms. The molecule has 0 aliphatic rings. The van der Waals surface area contributed by atoms with Crippen LogP contribution >= 0.6 is 0 Å². The van der Waals surface area contributed by atoms with Gasteiger partial charge < -0.3 is 14.4 Å². The van der Waals surface area contributed by atoms with Crippen molar-refractivity contribution in [2.45, 2.75) is 47.7 Å². The first-order chi connectivity index (χ1) is 24.1. The number of aryl methyl sites for hydroxylation is 3. The number of fused-ring (bicyclic) bond motifs is 8. The van der Waals surface area contributed by atoms with Gasteiger partial charge in [0.1, 0.15) is 11.3 Å². The second-order valence-electron chi connectivity index (χ2n) is 10.9. The maximum atomic E-state index is 8.65. The van der Waals surface area contributed by atoms with Crippen molar-refractivity contribution in [1.82, 2.24) is 9.97 Å². The monoisotopic (exact) mass is 738 g/mol. The zero-order valence-electron chi connectivity index (χ0n) is 34.2. The Bertz CT molecular complexity index is 2370. The molecule has 0 aliphatic carbocycles. The Hall–Kier alpha value is -3.85. The van der Waals surface area contributed by atoms with Crippen LogP contribution in [0.5, 0.6) is 0 Å². The summed E-state index contributed by atoms with van der Waals surface area (Å²) in [7, 11) is 0. The molecular formula is C38H34IrN2O-2. The summed E-state index contributed by atoms with van der Waals surface area (Å²) in [6, 6.07) is 26.6. The molecule has 7 rings (SSSR count). The first-order valence-electron chi connectivity index (χ1n) is 18.7. The number of aromatic nitrogens is 2. The largest absolute Gasteiger partial charge is 0.461 e. The first kappa shape index (κ1) is 18.6. The van der Waals surface area contributed by atoms with Crippen LogP contribution in [0, 0.1) is 38.1 Å². The average molecular weight is 738 g/mol. The first-order valence-corrected chi connectivity index (χ1v) is 13.2. The van der Waals surface area contributed by atoms with Crippen LogP contribution in [-0.2, 0) is 26.5 Å². The Balaban J connectivity index is 0.000000223. The van der Waals surface area contributed by atoms with Gasteiger partial charge in [0.2, 0.25) is 0 Å². The Labute approximate surface area is 276 Å². The van der Waals surface area contributed by atoms with Crippen molar-refractivity contribution in [3.63, 3.8) is 0 Å². The molecule has 1 radical (unpaired) electrons. The van der Waals surface area contributed by atoms with Gasteiger partial charge in [-0.1, -0.05) is 62.7 Å². The Morgan fingerprint density at radius 3 is 2.33 bits per heavy atom. The van der Waals surface area contributed by atoms with Gasteiger partial charge in [-0.25, -0.2) is 0 Å². The molecule has 0 fully saturated rings. The fourth-order valence-corrected chi connectivity index (χ4v) is 4.91. The summed E-state index contributed by atoms with van der Waals surface area (Å²) in [5.41, 5.74) is 2.25. The van der Waals surface area contributed by atoms with Crippen LogP contribution in [0.4, 0.5) is 0 Å². The molecule has 0 saturated carbocycles. The molecule has 213 valence electrons. The maximum absolute atomic E-state index is 8.65. The Morgan fingerprint density at radius 2 is 1.62 bits per heavy atom. The van der Waals surface area contributed by atoms with Crippen LogP contribution in [0.1, 0.15) is 58.3 Å². The van der Waals surface area contributed by atoms with Crippen molar-refractivity contribution in [1.29, 1.82) is 0 Å². The molecule has 0 bridgehead atoms. The number of nitrogens with zero attached hydrogens (tertiary/aromatic N) is 2. The topological polar surface area (TPSA) is 38.9 Å². The molecular weight excluding hydrogens is 693 g/mol. The smallest absolute Gasteiger partial charge is 0.134 e. The summed E-state index contributed by atoms with van der Waals surface area (Å²) < 4.78 is 90.5. The number of hydrogen-bond donors (Lipinski definition) is 0. The van der Waals surface area contributed by atoms with E-state index >= 15 is 0 Å². The predicted octanol–water partition coefficient (Wildman–Crippen LogP) is 10.1. The number of pyridine rings is 2. The third-order valence-corrected chi connectivity index (χ3v) is 6.59. The molecule has 4 heteroatoms. The van der Waals surface area contributed by atoms with E-state index in [1.165, 1.54) is 30.6 Å². The van der Waals surface area contributed by atoms with Gasteiger partial charge >= 0.3 is 0 Å². The number of furan rings is 1. The number of hydrogen-bond acceptors (Lipinski definition) is 3. The van der Waals surface area contributed by atoms with Crippen molar-refractivity contribution in [2.24, 2.45) is 5.41 Å². The van der Waals surface area contributed by atoms with Gasteiger partial charge in [-0.05, 0) is 64.4 Å².